The van der Waals surface area contributed by atoms with E-state index < -0.39 is 0 Å². The zero-order valence-electron chi connectivity index (χ0n) is 8.66. The number of benzene rings is 1. The summed E-state index contributed by atoms with van der Waals surface area (Å²) < 4.78 is 11.2. The second kappa shape index (κ2) is 3.83. The van der Waals surface area contributed by atoms with Crippen LogP contribution in [0.2, 0.25) is 0 Å². The fourth-order valence-corrected chi connectivity index (χ4v) is 1.95. The van der Waals surface area contributed by atoms with E-state index in [4.69, 9.17) is 9.47 Å². The summed E-state index contributed by atoms with van der Waals surface area (Å²) in [4.78, 5) is 0. The molecule has 1 aromatic carbocycles. The maximum atomic E-state index is 5.81. The largest absolute Gasteiger partial charge is 0.488 e. The average Bonchev–Trinajstić information content (AvgIpc) is 2.23. The number of hydrogen-bond donors (Lipinski definition) is 1. The second-order valence-electron chi connectivity index (χ2n) is 4.13. The van der Waals surface area contributed by atoms with E-state index in [0.717, 1.165) is 38.5 Å². The Morgan fingerprint density at radius 2 is 2.20 bits per heavy atom. The van der Waals surface area contributed by atoms with Gasteiger partial charge in [0.25, 0.3) is 0 Å². The SMILES string of the molecule is c1cc2c(cc1OC1CNC1)CCOC2. The summed E-state index contributed by atoms with van der Waals surface area (Å²) in [5, 5.41) is 3.20. The molecule has 0 atom stereocenters. The van der Waals surface area contributed by atoms with E-state index in [1.807, 2.05) is 6.07 Å². The first kappa shape index (κ1) is 9.19. The Labute approximate surface area is 89.4 Å². The van der Waals surface area contributed by atoms with Gasteiger partial charge in [-0.05, 0) is 29.7 Å². The maximum Gasteiger partial charge on any atom is 0.123 e. The van der Waals surface area contributed by atoms with Crippen molar-refractivity contribution in [3.63, 3.8) is 0 Å². The maximum absolute atomic E-state index is 5.81. The van der Waals surface area contributed by atoms with Gasteiger partial charge < -0.3 is 14.8 Å². The van der Waals surface area contributed by atoms with Crippen molar-refractivity contribution in [2.75, 3.05) is 19.7 Å². The van der Waals surface area contributed by atoms with Crippen LogP contribution in [0.4, 0.5) is 0 Å². The zero-order chi connectivity index (χ0) is 10.1. The Hall–Kier alpha value is -1.06. The van der Waals surface area contributed by atoms with Gasteiger partial charge in [-0.15, -0.1) is 0 Å². The second-order valence-corrected chi connectivity index (χ2v) is 4.13. The van der Waals surface area contributed by atoms with E-state index in [1.54, 1.807) is 0 Å². The normalized spacial score (nSPS) is 20.5. The van der Waals surface area contributed by atoms with Crippen molar-refractivity contribution in [1.29, 1.82) is 0 Å². The molecule has 2 aliphatic heterocycles. The lowest BCUT2D eigenvalue weighted by atomic mass is 10.0. The van der Waals surface area contributed by atoms with Gasteiger partial charge in [-0.3, -0.25) is 0 Å². The van der Waals surface area contributed by atoms with Gasteiger partial charge in [-0.2, -0.15) is 0 Å². The van der Waals surface area contributed by atoms with Gasteiger partial charge in [0, 0.05) is 13.1 Å². The van der Waals surface area contributed by atoms with Crippen molar-refractivity contribution in [3.8, 4) is 5.75 Å². The van der Waals surface area contributed by atoms with Crippen LogP contribution in [0.1, 0.15) is 11.1 Å². The van der Waals surface area contributed by atoms with Gasteiger partial charge in [-0.1, -0.05) is 6.07 Å². The smallest absolute Gasteiger partial charge is 0.123 e. The fourth-order valence-electron chi connectivity index (χ4n) is 1.95. The predicted octanol–water partition coefficient (Wildman–Crippen LogP) is 1.11. The summed E-state index contributed by atoms with van der Waals surface area (Å²) in [5.74, 6) is 1.00. The topological polar surface area (TPSA) is 30.5 Å². The Morgan fingerprint density at radius 1 is 1.27 bits per heavy atom. The summed E-state index contributed by atoms with van der Waals surface area (Å²) in [6, 6.07) is 6.33. The Balaban J connectivity index is 1.77. The standard InChI is InChI=1S/C12H15NO2/c1-2-11(15-12-6-13-7-12)5-9-3-4-14-8-10(1)9/h1-2,5,12-13H,3-4,6-8H2. The first-order chi connectivity index (χ1) is 7.42. The van der Waals surface area contributed by atoms with E-state index in [0.29, 0.717) is 6.10 Å². The molecule has 0 spiro atoms. The first-order valence-corrected chi connectivity index (χ1v) is 5.49. The molecule has 80 valence electrons. The highest BCUT2D eigenvalue weighted by Gasteiger charge is 2.19. The minimum atomic E-state index is 0.364. The van der Waals surface area contributed by atoms with Crippen LogP contribution in [0.5, 0.6) is 5.75 Å². The lowest BCUT2D eigenvalue weighted by Gasteiger charge is -2.28. The van der Waals surface area contributed by atoms with Gasteiger partial charge in [0.1, 0.15) is 11.9 Å². The van der Waals surface area contributed by atoms with Crippen molar-refractivity contribution in [1.82, 2.24) is 5.32 Å². The molecular formula is C12H15NO2. The molecule has 1 saturated heterocycles. The zero-order valence-corrected chi connectivity index (χ0v) is 8.66. The van der Waals surface area contributed by atoms with Gasteiger partial charge in [-0.25, -0.2) is 0 Å². The van der Waals surface area contributed by atoms with Crippen molar-refractivity contribution in [2.24, 2.45) is 0 Å². The van der Waals surface area contributed by atoms with Crippen molar-refractivity contribution >= 4 is 0 Å². The highest BCUT2D eigenvalue weighted by atomic mass is 16.5. The van der Waals surface area contributed by atoms with Gasteiger partial charge in [0.05, 0.1) is 13.2 Å². The summed E-state index contributed by atoms with van der Waals surface area (Å²) >= 11 is 0. The molecule has 0 saturated carbocycles. The molecule has 0 bridgehead atoms. The molecule has 0 amide bonds. The monoisotopic (exact) mass is 205 g/mol. The third-order valence-corrected chi connectivity index (χ3v) is 3.00. The van der Waals surface area contributed by atoms with Crippen LogP contribution in [0, 0.1) is 0 Å². The molecule has 0 radical (unpaired) electrons. The molecule has 2 heterocycles. The first-order valence-electron chi connectivity index (χ1n) is 5.49. The van der Waals surface area contributed by atoms with Crippen molar-refractivity contribution < 1.29 is 9.47 Å². The van der Waals surface area contributed by atoms with Gasteiger partial charge >= 0.3 is 0 Å². The lowest BCUT2D eigenvalue weighted by molar-refractivity contribution is 0.110. The third-order valence-electron chi connectivity index (χ3n) is 3.00. The predicted molar refractivity (Wildman–Crippen MR) is 57.1 cm³/mol. The van der Waals surface area contributed by atoms with E-state index >= 15 is 0 Å². The minimum absolute atomic E-state index is 0.364. The minimum Gasteiger partial charge on any atom is -0.488 e. The molecule has 3 nitrogen and oxygen atoms in total. The Kier molecular flexibility index (Phi) is 2.35. The van der Waals surface area contributed by atoms with E-state index in [2.05, 4.69) is 17.4 Å². The highest BCUT2D eigenvalue weighted by molar-refractivity contribution is 5.36. The molecule has 3 heteroatoms. The molecular weight excluding hydrogens is 190 g/mol. The molecule has 3 rings (SSSR count). The summed E-state index contributed by atoms with van der Waals surface area (Å²) in [6.45, 7) is 3.53. The van der Waals surface area contributed by atoms with Gasteiger partial charge in [0.15, 0.2) is 0 Å². The molecule has 0 unspecified atom stereocenters. The molecule has 1 N–H and O–H groups in total. The Morgan fingerprint density at radius 3 is 3.00 bits per heavy atom. The van der Waals surface area contributed by atoms with Crippen molar-refractivity contribution in [2.45, 2.75) is 19.1 Å². The molecule has 15 heavy (non-hydrogen) atoms. The summed E-state index contributed by atoms with van der Waals surface area (Å²) in [7, 11) is 0. The number of hydrogen-bond acceptors (Lipinski definition) is 3. The van der Waals surface area contributed by atoms with Crippen LogP contribution in [-0.2, 0) is 17.8 Å². The number of rotatable bonds is 2. The van der Waals surface area contributed by atoms with E-state index in [-0.39, 0.29) is 0 Å². The highest BCUT2D eigenvalue weighted by Crippen LogP contribution is 2.23. The van der Waals surface area contributed by atoms with Crippen LogP contribution in [0.25, 0.3) is 0 Å². The summed E-state index contributed by atoms with van der Waals surface area (Å²) in [6.07, 6.45) is 1.37. The summed E-state index contributed by atoms with van der Waals surface area (Å²) in [5.41, 5.74) is 2.69. The van der Waals surface area contributed by atoms with Crippen LogP contribution in [-0.4, -0.2) is 25.8 Å². The van der Waals surface area contributed by atoms with Crippen LogP contribution in [0.15, 0.2) is 18.2 Å². The number of ether oxygens (including phenoxy) is 2. The van der Waals surface area contributed by atoms with E-state index in [1.165, 1.54) is 11.1 Å². The van der Waals surface area contributed by atoms with Gasteiger partial charge in [0.2, 0.25) is 0 Å². The third kappa shape index (κ3) is 1.85. The van der Waals surface area contributed by atoms with Crippen LogP contribution >= 0.6 is 0 Å². The van der Waals surface area contributed by atoms with Crippen molar-refractivity contribution in [3.05, 3.63) is 29.3 Å². The molecule has 0 aromatic heterocycles. The quantitative estimate of drug-likeness (QED) is 0.784. The van der Waals surface area contributed by atoms with E-state index in [9.17, 15) is 0 Å². The number of fused-ring (bicyclic) bond motifs is 1. The number of nitrogens with one attached hydrogen (secondary N) is 1. The Bertz CT molecular complexity index is 361. The average molecular weight is 205 g/mol. The molecule has 1 fully saturated rings. The lowest BCUT2D eigenvalue weighted by Crippen LogP contribution is -2.50. The molecule has 0 aliphatic carbocycles. The molecule has 1 aromatic rings. The van der Waals surface area contributed by atoms with Crippen LogP contribution in [0.3, 0.4) is 0 Å². The van der Waals surface area contributed by atoms with Crippen LogP contribution < -0.4 is 10.1 Å². The molecule has 2 aliphatic rings. The fraction of sp³-hybridized carbons (Fsp3) is 0.500.